The Kier molecular flexibility index (Phi) is 4.71. The third-order valence-corrected chi connectivity index (χ3v) is 4.06. The summed E-state index contributed by atoms with van der Waals surface area (Å²) < 4.78 is 1.48. The molecular weight excluding hydrogens is 268 g/mol. The molecule has 1 amide bonds. The summed E-state index contributed by atoms with van der Waals surface area (Å²) in [7, 11) is 0. The zero-order valence-corrected chi connectivity index (χ0v) is 11.6. The maximum Gasteiger partial charge on any atom is 0.244 e. The summed E-state index contributed by atoms with van der Waals surface area (Å²) in [6.45, 7) is 4.20. The predicted octanol–water partition coefficient (Wildman–Crippen LogP) is -0.447. The zero-order chi connectivity index (χ0) is 12.4. The highest BCUT2D eigenvalue weighted by atomic mass is 35.5. The van der Waals surface area contributed by atoms with Crippen LogP contribution in [0.3, 0.4) is 0 Å². The van der Waals surface area contributed by atoms with Crippen molar-refractivity contribution in [3.8, 4) is 0 Å². The molecule has 3 heterocycles. The average Bonchev–Trinajstić information content (AvgIpc) is 2.98. The van der Waals surface area contributed by atoms with Crippen LogP contribution in [-0.2, 0) is 11.3 Å². The fourth-order valence-corrected chi connectivity index (χ4v) is 2.96. The van der Waals surface area contributed by atoms with E-state index < -0.39 is 0 Å². The van der Waals surface area contributed by atoms with Crippen LogP contribution in [-0.4, -0.2) is 57.2 Å². The van der Waals surface area contributed by atoms with Gasteiger partial charge in [0.25, 0.3) is 0 Å². The molecular formula is C11H19ClN6O. The normalized spacial score (nSPS) is 26.4. The number of amides is 1. The molecule has 2 aliphatic heterocycles. The van der Waals surface area contributed by atoms with Crippen molar-refractivity contribution in [2.75, 3.05) is 26.2 Å². The molecule has 2 fully saturated rings. The second-order valence-electron chi connectivity index (χ2n) is 5.14. The number of tetrazole rings is 1. The average molecular weight is 287 g/mol. The van der Waals surface area contributed by atoms with Gasteiger partial charge in [-0.05, 0) is 48.2 Å². The van der Waals surface area contributed by atoms with Crippen molar-refractivity contribution in [1.82, 2.24) is 30.4 Å². The van der Waals surface area contributed by atoms with Crippen molar-refractivity contribution in [3.63, 3.8) is 0 Å². The summed E-state index contributed by atoms with van der Waals surface area (Å²) in [6, 6.07) is 0. The smallest absolute Gasteiger partial charge is 0.244 e. The van der Waals surface area contributed by atoms with Crippen LogP contribution >= 0.6 is 12.4 Å². The minimum absolute atomic E-state index is 0. The third kappa shape index (κ3) is 3.22. The van der Waals surface area contributed by atoms with E-state index in [1.165, 1.54) is 11.0 Å². The molecule has 2 atom stereocenters. The van der Waals surface area contributed by atoms with E-state index in [4.69, 9.17) is 0 Å². The zero-order valence-electron chi connectivity index (χ0n) is 10.7. The fourth-order valence-electron chi connectivity index (χ4n) is 2.96. The highest BCUT2D eigenvalue weighted by molar-refractivity contribution is 5.85. The Bertz CT molecular complexity index is 397. The van der Waals surface area contributed by atoms with Crippen molar-refractivity contribution in [2.24, 2.45) is 11.8 Å². The lowest BCUT2D eigenvalue weighted by molar-refractivity contribution is -0.132. The quantitative estimate of drug-likeness (QED) is 0.797. The molecule has 1 aromatic rings. The van der Waals surface area contributed by atoms with Crippen molar-refractivity contribution in [1.29, 1.82) is 0 Å². The number of halogens is 1. The summed E-state index contributed by atoms with van der Waals surface area (Å²) in [5.74, 6) is 1.61. The Morgan fingerprint density at radius 1 is 1.26 bits per heavy atom. The van der Waals surface area contributed by atoms with Gasteiger partial charge in [-0.3, -0.25) is 4.79 Å². The third-order valence-electron chi connectivity index (χ3n) is 4.06. The van der Waals surface area contributed by atoms with Crippen LogP contribution in [0.4, 0.5) is 0 Å². The van der Waals surface area contributed by atoms with Crippen molar-refractivity contribution in [2.45, 2.75) is 19.4 Å². The number of likely N-dealkylation sites (tertiary alicyclic amines) is 1. The summed E-state index contributed by atoms with van der Waals surface area (Å²) in [5, 5.41) is 14.2. The minimum Gasteiger partial charge on any atom is -0.341 e. The van der Waals surface area contributed by atoms with Crippen LogP contribution in [0.15, 0.2) is 6.33 Å². The second kappa shape index (κ2) is 6.29. The first-order valence-electron chi connectivity index (χ1n) is 6.52. The number of rotatable bonds is 2. The van der Waals surface area contributed by atoms with E-state index in [2.05, 4.69) is 20.8 Å². The maximum absolute atomic E-state index is 12.1. The molecule has 106 valence electrons. The largest absolute Gasteiger partial charge is 0.341 e. The Labute approximate surface area is 118 Å². The molecule has 3 rings (SSSR count). The summed E-state index contributed by atoms with van der Waals surface area (Å²) in [4.78, 5) is 14.1. The highest BCUT2D eigenvalue weighted by Gasteiger charge is 2.31. The van der Waals surface area contributed by atoms with Gasteiger partial charge >= 0.3 is 0 Å². The molecule has 2 saturated heterocycles. The standard InChI is InChI=1S/C11H18N6O.ClH/c18-11(7-17-8-13-14-15-17)16-3-1-9-5-12-6-10(9)2-4-16;/h8-10,12H,1-7H2;1H/t9-,10+;. The lowest BCUT2D eigenvalue weighted by Gasteiger charge is -2.20. The van der Waals surface area contributed by atoms with Gasteiger partial charge in [-0.25, -0.2) is 4.68 Å². The van der Waals surface area contributed by atoms with Crippen LogP contribution in [0.25, 0.3) is 0 Å². The predicted molar refractivity (Wildman–Crippen MR) is 70.7 cm³/mol. The van der Waals surface area contributed by atoms with E-state index in [9.17, 15) is 4.79 Å². The van der Waals surface area contributed by atoms with Gasteiger partial charge in [0, 0.05) is 13.1 Å². The Morgan fingerprint density at radius 3 is 2.53 bits per heavy atom. The van der Waals surface area contributed by atoms with Crippen molar-refractivity contribution in [3.05, 3.63) is 6.33 Å². The van der Waals surface area contributed by atoms with E-state index >= 15 is 0 Å². The number of aromatic nitrogens is 4. The molecule has 0 aliphatic carbocycles. The molecule has 0 radical (unpaired) electrons. The van der Waals surface area contributed by atoms with Gasteiger partial charge in [0.05, 0.1) is 0 Å². The molecule has 2 aliphatic rings. The van der Waals surface area contributed by atoms with E-state index in [1.54, 1.807) is 0 Å². The van der Waals surface area contributed by atoms with E-state index in [0.29, 0.717) is 0 Å². The minimum atomic E-state index is 0. The number of nitrogens with one attached hydrogen (secondary N) is 1. The van der Waals surface area contributed by atoms with E-state index in [1.807, 2.05) is 4.90 Å². The fraction of sp³-hybridized carbons (Fsp3) is 0.818. The molecule has 7 nitrogen and oxygen atoms in total. The summed E-state index contributed by atoms with van der Waals surface area (Å²) >= 11 is 0. The van der Waals surface area contributed by atoms with Gasteiger partial charge < -0.3 is 10.2 Å². The topological polar surface area (TPSA) is 75.9 Å². The Balaban J connectivity index is 0.00000133. The molecule has 1 aromatic heterocycles. The van der Waals surface area contributed by atoms with Crippen molar-refractivity contribution >= 4 is 18.3 Å². The van der Waals surface area contributed by atoms with Crippen LogP contribution in [0, 0.1) is 11.8 Å². The first-order chi connectivity index (χ1) is 8.83. The lowest BCUT2D eigenvalue weighted by atomic mass is 9.92. The molecule has 8 heteroatoms. The molecule has 0 spiro atoms. The van der Waals surface area contributed by atoms with Crippen LogP contribution < -0.4 is 5.32 Å². The molecule has 1 N–H and O–H groups in total. The second-order valence-corrected chi connectivity index (χ2v) is 5.14. The maximum atomic E-state index is 12.1. The summed E-state index contributed by atoms with van der Waals surface area (Å²) in [5.41, 5.74) is 0. The lowest BCUT2D eigenvalue weighted by Crippen LogP contribution is -2.35. The van der Waals surface area contributed by atoms with Gasteiger partial charge in [-0.1, -0.05) is 0 Å². The first kappa shape index (κ1) is 14.2. The van der Waals surface area contributed by atoms with Crippen LogP contribution in [0.5, 0.6) is 0 Å². The monoisotopic (exact) mass is 286 g/mol. The number of carbonyl (C=O) groups is 1. The van der Waals surface area contributed by atoms with Gasteiger partial charge in [0.2, 0.25) is 5.91 Å². The van der Waals surface area contributed by atoms with Gasteiger partial charge in [-0.15, -0.1) is 17.5 Å². The van der Waals surface area contributed by atoms with Gasteiger partial charge in [0.1, 0.15) is 12.9 Å². The highest BCUT2D eigenvalue weighted by Crippen LogP contribution is 2.27. The number of nitrogens with zero attached hydrogens (tertiary/aromatic N) is 5. The Morgan fingerprint density at radius 2 is 1.95 bits per heavy atom. The molecule has 0 saturated carbocycles. The van der Waals surface area contributed by atoms with Crippen molar-refractivity contribution < 1.29 is 4.79 Å². The molecule has 0 unspecified atom stereocenters. The first-order valence-corrected chi connectivity index (χ1v) is 6.52. The van der Waals surface area contributed by atoms with Crippen LogP contribution in [0.2, 0.25) is 0 Å². The van der Waals surface area contributed by atoms with E-state index in [0.717, 1.165) is 50.9 Å². The molecule has 0 bridgehead atoms. The van der Waals surface area contributed by atoms with Crippen LogP contribution in [0.1, 0.15) is 12.8 Å². The van der Waals surface area contributed by atoms with E-state index in [-0.39, 0.29) is 24.9 Å². The number of hydrogen-bond donors (Lipinski definition) is 1. The number of fused-ring (bicyclic) bond motifs is 1. The molecule has 19 heavy (non-hydrogen) atoms. The Hall–Kier alpha value is -1.21. The number of carbonyl (C=O) groups excluding carboxylic acids is 1. The van der Waals surface area contributed by atoms with Gasteiger partial charge in [0.15, 0.2) is 0 Å². The summed E-state index contributed by atoms with van der Waals surface area (Å²) in [6.07, 6.45) is 3.70. The molecule has 0 aromatic carbocycles. The SMILES string of the molecule is Cl.O=C(Cn1cnnn1)N1CC[C@@H]2CNC[C@@H]2CC1. The van der Waals surface area contributed by atoms with Gasteiger partial charge in [-0.2, -0.15) is 0 Å². The number of hydrogen-bond acceptors (Lipinski definition) is 5.